The van der Waals surface area contributed by atoms with Gasteiger partial charge in [0, 0.05) is 10.5 Å². The lowest BCUT2D eigenvalue weighted by atomic mass is 10.0. The van der Waals surface area contributed by atoms with Crippen molar-refractivity contribution in [1.29, 1.82) is 0 Å². The second-order valence-electron chi connectivity index (χ2n) is 4.95. The minimum atomic E-state index is -0.464. The van der Waals surface area contributed by atoms with Crippen LogP contribution in [0.4, 0.5) is 0 Å². The molecule has 0 amide bonds. The first-order chi connectivity index (χ1) is 7.78. The fourth-order valence-electron chi connectivity index (χ4n) is 1.42. The normalized spacial score (nSPS) is 13.2. The number of halogens is 1. The van der Waals surface area contributed by atoms with E-state index in [2.05, 4.69) is 15.9 Å². The van der Waals surface area contributed by atoms with Crippen molar-refractivity contribution < 1.29 is 9.53 Å². The van der Waals surface area contributed by atoms with Crippen LogP contribution in [0, 0.1) is 0 Å². The van der Waals surface area contributed by atoms with Crippen LogP contribution in [0.2, 0.25) is 0 Å². The Morgan fingerprint density at radius 1 is 1.47 bits per heavy atom. The molecule has 0 saturated heterocycles. The predicted octanol–water partition coefficient (Wildman–Crippen LogP) is 3.18. The summed E-state index contributed by atoms with van der Waals surface area (Å²) in [7, 11) is 0. The minimum Gasteiger partial charge on any atom is -0.460 e. The fraction of sp³-hybridized carbons (Fsp3) is 0.462. The maximum Gasteiger partial charge on any atom is 0.308 e. The number of hydrogen-bond acceptors (Lipinski definition) is 3. The summed E-state index contributed by atoms with van der Waals surface area (Å²) in [6, 6.07) is 7.30. The van der Waals surface area contributed by atoms with Crippen LogP contribution in [-0.2, 0) is 9.53 Å². The Balaban J connectivity index is 2.61. The van der Waals surface area contributed by atoms with E-state index in [1.54, 1.807) is 0 Å². The Hall–Kier alpha value is -0.870. The second-order valence-corrected chi connectivity index (χ2v) is 5.87. The van der Waals surface area contributed by atoms with E-state index >= 15 is 0 Å². The molecule has 3 nitrogen and oxygen atoms in total. The van der Waals surface area contributed by atoms with Gasteiger partial charge >= 0.3 is 5.97 Å². The lowest BCUT2D eigenvalue weighted by Gasteiger charge is -2.21. The number of nitrogens with two attached hydrogens (primary N) is 1. The van der Waals surface area contributed by atoms with E-state index < -0.39 is 5.60 Å². The number of hydrogen-bond donors (Lipinski definition) is 1. The zero-order valence-electron chi connectivity index (χ0n) is 10.4. The van der Waals surface area contributed by atoms with Gasteiger partial charge in [0.05, 0.1) is 6.42 Å². The Bertz CT molecular complexity index is 399. The summed E-state index contributed by atoms with van der Waals surface area (Å²) >= 11 is 3.37. The minimum absolute atomic E-state index is 0.188. The average molecular weight is 300 g/mol. The maximum absolute atomic E-state index is 11.6. The number of ether oxygens (including phenoxy) is 1. The highest BCUT2D eigenvalue weighted by Crippen LogP contribution is 2.20. The lowest BCUT2D eigenvalue weighted by molar-refractivity contribution is -0.155. The molecule has 1 rings (SSSR count). The summed E-state index contributed by atoms with van der Waals surface area (Å²) in [6.45, 7) is 5.53. The monoisotopic (exact) mass is 299 g/mol. The molecular weight excluding hydrogens is 282 g/mol. The molecule has 0 aromatic heterocycles. The van der Waals surface area contributed by atoms with Gasteiger partial charge in [0.15, 0.2) is 0 Å². The second kappa shape index (κ2) is 5.65. The van der Waals surface area contributed by atoms with Gasteiger partial charge in [0.2, 0.25) is 0 Å². The van der Waals surface area contributed by atoms with Crippen molar-refractivity contribution in [2.75, 3.05) is 0 Å². The molecule has 1 aromatic carbocycles. The van der Waals surface area contributed by atoms with E-state index in [9.17, 15) is 4.79 Å². The van der Waals surface area contributed by atoms with Crippen molar-refractivity contribution in [3.8, 4) is 0 Å². The highest BCUT2D eigenvalue weighted by molar-refractivity contribution is 9.10. The third-order valence-electron chi connectivity index (χ3n) is 2.08. The number of carbonyl (C=O) groups is 1. The van der Waals surface area contributed by atoms with Gasteiger partial charge in [0.1, 0.15) is 5.60 Å². The van der Waals surface area contributed by atoms with Crippen molar-refractivity contribution in [2.45, 2.75) is 38.8 Å². The number of esters is 1. The molecule has 0 saturated carbocycles. The Labute approximate surface area is 110 Å². The van der Waals surface area contributed by atoms with Crippen molar-refractivity contribution in [3.63, 3.8) is 0 Å². The first-order valence-corrected chi connectivity index (χ1v) is 6.30. The highest BCUT2D eigenvalue weighted by Gasteiger charge is 2.19. The molecule has 4 heteroatoms. The van der Waals surface area contributed by atoms with Crippen molar-refractivity contribution in [3.05, 3.63) is 34.3 Å². The number of carbonyl (C=O) groups excluding carboxylic acids is 1. The van der Waals surface area contributed by atoms with Crippen LogP contribution in [-0.4, -0.2) is 11.6 Å². The molecule has 94 valence electrons. The van der Waals surface area contributed by atoms with Gasteiger partial charge in [-0.3, -0.25) is 4.79 Å². The van der Waals surface area contributed by atoms with Crippen LogP contribution in [0.5, 0.6) is 0 Å². The summed E-state index contributed by atoms with van der Waals surface area (Å²) in [4.78, 5) is 11.6. The average Bonchev–Trinajstić information content (AvgIpc) is 2.14. The quantitative estimate of drug-likeness (QED) is 0.872. The van der Waals surface area contributed by atoms with Gasteiger partial charge in [-0.2, -0.15) is 0 Å². The van der Waals surface area contributed by atoms with Crippen LogP contribution < -0.4 is 5.73 Å². The molecule has 1 aromatic rings. The highest BCUT2D eigenvalue weighted by atomic mass is 79.9. The molecule has 0 aliphatic heterocycles. The SMILES string of the molecule is CC(C)(C)OC(=O)C[C@@H](N)c1cccc(Br)c1. The molecule has 0 aliphatic rings. The molecule has 2 N–H and O–H groups in total. The van der Waals surface area contributed by atoms with Crippen LogP contribution in [0.3, 0.4) is 0 Å². The Morgan fingerprint density at radius 3 is 2.65 bits per heavy atom. The maximum atomic E-state index is 11.6. The van der Waals surface area contributed by atoms with E-state index in [1.807, 2.05) is 45.0 Å². The van der Waals surface area contributed by atoms with E-state index in [0.29, 0.717) is 0 Å². The fourth-order valence-corrected chi connectivity index (χ4v) is 1.83. The van der Waals surface area contributed by atoms with Gasteiger partial charge < -0.3 is 10.5 Å². The standard InChI is InChI=1S/C13H18BrNO2/c1-13(2,3)17-12(16)8-11(15)9-5-4-6-10(14)7-9/h4-7,11H,8,15H2,1-3H3/t11-/m1/s1. The molecule has 0 bridgehead atoms. The largest absolute Gasteiger partial charge is 0.460 e. The molecule has 0 unspecified atom stereocenters. The first-order valence-electron chi connectivity index (χ1n) is 5.51. The third kappa shape index (κ3) is 5.33. The molecule has 0 spiro atoms. The Kier molecular flexibility index (Phi) is 4.71. The molecule has 0 heterocycles. The van der Waals surface area contributed by atoms with E-state index in [4.69, 9.17) is 10.5 Å². The van der Waals surface area contributed by atoms with Crippen LogP contribution in [0.25, 0.3) is 0 Å². The molecule has 0 radical (unpaired) electrons. The van der Waals surface area contributed by atoms with Crippen LogP contribution in [0.1, 0.15) is 38.8 Å². The molecule has 1 atom stereocenters. The van der Waals surface area contributed by atoms with E-state index in [-0.39, 0.29) is 18.4 Å². The first kappa shape index (κ1) is 14.2. The summed E-state index contributed by atoms with van der Waals surface area (Å²) in [5.74, 6) is -0.273. The number of rotatable bonds is 3. The van der Waals surface area contributed by atoms with Crippen molar-refractivity contribution >= 4 is 21.9 Å². The van der Waals surface area contributed by atoms with Gasteiger partial charge in [0.25, 0.3) is 0 Å². The lowest BCUT2D eigenvalue weighted by Crippen LogP contribution is -2.26. The van der Waals surface area contributed by atoms with Crippen LogP contribution >= 0.6 is 15.9 Å². The zero-order valence-corrected chi connectivity index (χ0v) is 12.0. The van der Waals surface area contributed by atoms with Gasteiger partial charge in [-0.05, 0) is 38.5 Å². The van der Waals surface area contributed by atoms with E-state index in [1.165, 1.54) is 0 Å². The molecule has 0 fully saturated rings. The topological polar surface area (TPSA) is 52.3 Å². The summed E-state index contributed by atoms with van der Waals surface area (Å²) in [6.07, 6.45) is 0.188. The summed E-state index contributed by atoms with van der Waals surface area (Å²) < 4.78 is 6.18. The predicted molar refractivity (Wildman–Crippen MR) is 71.5 cm³/mol. The third-order valence-corrected chi connectivity index (χ3v) is 2.58. The van der Waals surface area contributed by atoms with Gasteiger partial charge in [-0.25, -0.2) is 0 Å². The van der Waals surface area contributed by atoms with Crippen molar-refractivity contribution in [1.82, 2.24) is 0 Å². The zero-order chi connectivity index (χ0) is 13.1. The molecule has 0 aliphatic carbocycles. The van der Waals surface area contributed by atoms with Gasteiger partial charge in [-0.1, -0.05) is 28.1 Å². The smallest absolute Gasteiger partial charge is 0.308 e. The van der Waals surface area contributed by atoms with Gasteiger partial charge in [-0.15, -0.1) is 0 Å². The number of benzene rings is 1. The molecular formula is C13H18BrNO2. The Morgan fingerprint density at radius 2 is 2.12 bits per heavy atom. The summed E-state index contributed by atoms with van der Waals surface area (Å²) in [5, 5.41) is 0. The summed E-state index contributed by atoms with van der Waals surface area (Å²) in [5.41, 5.74) is 6.42. The van der Waals surface area contributed by atoms with Crippen LogP contribution in [0.15, 0.2) is 28.7 Å². The molecule has 17 heavy (non-hydrogen) atoms. The van der Waals surface area contributed by atoms with E-state index in [0.717, 1.165) is 10.0 Å². The van der Waals surface area contributed by atoms with Crippen molar-refractivity contribution in [2.24, 2.45) is 5.73 Å².